The zero-order valence-electron chi connectivity index (χ0n) is 10.5. The lowest BCUT2D eigenvalue weighted by Crippen LogP contribution is -2.17. The molecule has 2 aliphatic carbocycles. The molecule has 0 saturated heterocycles. The molecule has 17 heavy (non-hydrogen) atoms. The molecule has 1 aromatic heterocycles. The summed E-state index contributed by atoms with van der Waals surface area (Å²) in [7, 11) is 0. The maximum absolute atomic E-state index is 6.23. The van der Waals surface area contributed by atoms with Crippen molar-refractivity contribution in [3.8, 4) is 0 Å². The van der Waals surface area contributed by atoms with Crippen molar-refractivity contribution in [1.29, 1.82) is 0 Å². The quantitative estimate of drug-likeness (QED) is 0.741. The normalized spacial score (nSPS) is 33.2. The van der Waals surface area contributed by atoms with Crippen LogP contribution in [-0.2, 0) is 6.54 Å². The van der Waals surface area contributed by atoms with E-state index in [9.17, 15) is 0 Å². The van der Waals surface area contributed by atoms with E-state index in [0.29, 0.717) is 0 Å². The Labute approximate surface area is 108 Å². The van der Waals surface area contributed by atoms with Gasteiger partial charge in [0.05, 0.1) is 11.6 Å². The Morgan fingerprint density at radius 1 is 1.47 bits per heavy atom. The largest absolute Gasteiger partial charge is 0.272 e. The third-order valence-electron chi connectivity index (χ3n) is 4.68. The summed E-state index contributed by atoms with van der Waals surface area (Å²) >= 11 is 6.23. The molecular formula is C14H21ClN2. The molecule has 0 aliphatic heterocycles. The van der Waals surface area contributed by atoms with Crippen LogP contribution >= 0.6 is 11.6 Å². The Morgan fingerprint density at radius 2 is 2.35 bits per heavy atom. The first-order chi connectivity index (χ1) is 8.26. The molecule has 0 N–H and O–H groups in total. The summed E-state index contributed by atoms with van der Waals surface area (Å²) < 4.78 is 2.12. The van der Waals surface area contributed by atoms with Gasteiger partial charge in [0.2, 0.25) is 0 Å². The number of aromatic nitrogens is 2. The third-order valence-corrected chi connectivity index (χ3v) is 5.24. The predicted octanol–water partition coefficient (Wildman–Crippen LogP) is 4.01. The highest BCUT2D eigenvalue weighted by Gasteiger charge is 2.39. The van der Waals surface area contributed by atoms with E-state index in [4.69, 9.17) is 11.6 Å². The van der Waals surface area contributed by atoms with Crippen molar-refractivity contribution in [3.05, 3.63) is 18.0 Å². The molecule has 1 heterocycles. The fourth-order valence-corrected chi connectivity index (χ4v) is 3.83. The third kappa shape index (κ3) is 2.24. The van der Waals surface area contributed by atoms with E-state index >= 15 is 0 Å². The SMILES string of the molecule is CCC(Cl)c1cnn(CC2CC3CCC2C3)c1. The summed E-state index contributed by atoms with van der Waals surface area (Å²) in [5, 5.41) is 4.59. The average molecular weight is 253 g/mol. The Hall–Kier alpha value is -0.500. The van der Waals surface area contributed by atoms with Crippen LogP contribution in [-0.4, -0.2) is 9.78 Å². The van der Waals surface area contributed by atoms with Crippen molar-refractivity contribution < 1.29 is 0 Å². The molecule has 0 aromatic carbocycles. The molecule has 0 radical (unpaired) electrons. The second kappa shape index (κ2) is 4.64. The smallest absolute Gasteiger partial charge is 0.0613 e. The zero-order valence-corrected chi connectivity index (χ0v) is 11.2. The van der Waals surface area contributed by atoms with Gasteiger partial charge in [-0.05, 0) is 43.4 Å². The number of fused-ring (bicyclic) bond motifs is 2. The maximum atomic E-state index is 6.23. The fraction of sp³-hybridized carbons (Fsp3) is 0.786. The Bertz CT molecular complexity index is 387. The molecule has 4 atom stereocenters. The van der Waals surface area contributed by atoms with Gasteiger partial charge in [-0.25, -0.2) is 0 Å². The first-order valence-corrected chi connectivity index (χ1v) is 7.36. The van der Waals surface area contributed by atoms with E-state index in [-0.39, 0.29) is 5.38 Å². The number of alkyl halides is 1. The second-order valence-corrected chi connectivity index (χ2v) is 6.33. The van der Waals surface area contributed by atoms with Crippen LogP contribution in [0.1, 0.15) is 50.0 Å². The molecule has 0 spiro atoms. The van der Waals surface area contributed by atoms with Gasteiger partial charge < -0.3 is 0 Å². The standard InChI is InChI=1S/C14H21ClN2/c1-2-14(15)13-7-16-17(9-13)8-12-6-10-3-4-11(12)5-10/h7,9-12,14H,2-6,8H2,1H3. The first-order valence-electron chi connectivity index (χ1n) is 6.92. The van der Waals surface area contributed by atoms with E-state index in [2.05, 4.69) is 22.9 Å². The van der Waals surface area contributed by atoms with Gasteiger partial charge in [-0.3, -0.25) is 4.68 Å². The van der Waals surface area contributed by atoms with Crippen LogP contribution in [0.3, 0.4) is 0 Å². The molecule has 3 rings (SSSR count). The van der Waals surface area contributed by atoms with Gasteiger partial charge in [0.25, 0.3) is 0 Å². The van der Waals surface area contributed by atoms with Crippen LogP contribution in [0.4, 0.5) is 0 Å². The topological polar surface area (TPSA) is 17.8 Å². The molecular weight excluding hydrogens is 232 g/mol. The highest BCUT2D eigenvalue weighted by Crippen LogP contribution is 2.48. The molecule has 2 bridgehead atoms. The lowest BCUT2D eigenvalue weighted by molar-refractivity contribution is 0.285. The van der Waals surface area contributed by atoms with Crippen molar-refractivity contribution in [2.45, 2.75) is 50.9 Å². The Kier molecular flexibility index (Phi) is 3.16. The summed E-state index contributed by atoms with van der Waals surface area (Å²) in [4.78, 5) is 0. The predicted molar refractivity (Wildman–Crippen MR) is 70.1 cm³/mol. The molecule has 2 saturated carbocycles. The van der Waals surface area contributed by atoms with Crippen molar-refractivity contribution in [2.24, 2.45) is 17.8 Å². The minimum Gasteiger partial charge on any atom is -0.272 e. The van der Waals surface area contributed by atoms with Crippen LogP contribution in [0.15, 0.2) is 12.4 Å². The lowest BCUT2D eigenvalue weighted by atomic mass is 9.89. The molecule has 94 valence electrons. The Morgan fingerprint density at radius 3 is 3.00 bits per heavy atom. The van der Waals surface area contributed by atoms with Gasteiger partial charge in [0.1, 0.15) is 0 Å². The zero-order chi connectivity index (χ0) is 11.8. The molecule has 3 heteroatoms. The highest BCUT2D eigenvalue weighted by molar-refractivity contribution is 6.20. The lowest BCUT2D eigenvalue weighted by Gasteiger charge is -2.21. The van der Waals surface area contributed by atoms with Crippen molar-refractivity contribution >= 4 is 11.6 Å². The van der Waals surface area contributed by atoms with E-state index in [1.54, 1.807) is 0 Å². The molecule has 0 amide bonds. The van der Waals surface area contributed by atoms with E-state index in [1.165, 1.54) is 31.2 Å². The summed E-state index contributed by atoms with van der Waals surface area (Å²) in [5.41, 5.74) is 1.18. The van der Waals surface area contributed by atoms with Gasteiger partial charge in [-0.2, -0.15) is 5.10 Å². The number of rotatable bonds is 4. The van der Waals surface area contributed by atoms with Gasteiger partial charge in [0.15, 0.2) is 0 Å². The van der Waals surface area contributed by atoms with Crippen LogP contribution in [0.5, 0.6) is 0 Å². The number of hydrogen-bond donors (Lipinski definition) is 0. The van der Waals surface area contributed by atoms with Crippen molar-refractivity contribution in [2.75, 3.05) is 0 Å². The van der Waals surface area contributed by atoms with Gasteiger partial charge in [0, 0.05) is 18.3 Å². The minimum absolute atomic E-state index is 0.128. The first kappa shape index (κ1) is 11.6. The summed E-state index contributed by atoms with van der Waals surface area (Å²) in [5.74, 6) is 2.87. The highest BCUT2D eigenvalue weighted by atomic mass is 35.5. The monoisotopic (exact) mass is 252 g/mol. The minimum atomic E-state index is 0.128. The molecule has 1 aromatic rings. The van der Waals surface area contributed by atoms with Crippen LogP contribution < -0.4 is 0 Å². The van der Waals surface area contributed by atoms with Gasteiger partial charge in [-0.1, -0.05) is 13.3 Å². The maximum Gasteiger partial charge on any atom is 0.0613 e. The van der Waals surface area contributed by atoms with Crippen LogP contribution in [0, 0.1) is 17.8 Å². The van der Waals surface area contributed by atoms with Crippen molar-refractivity contribution in [3.63, 3.8) is 0 Å². The van der Waals surface area contributed by atoms with E-state index in [0.717, 1.165) is 30.7 Å². The fourth-order valence-electron chi connectivity index (χ4n) is 3.72. The number of halogens is 1. The van der Waals surface area contributed by atoms with Gasteiger partial charge in [-0.15, -0.1) is 11.6 Å². The molecule has 2 nitrogen and oxygen atoms in total. The second-order valence-electron chi connectivity index (χ2n) is 5.81. The summed E-state index contributed by atoms with van der Waals surface area (Å²) in [6.07, 6.45) is 10.9. The molecule has 4 unspecified atom stereocenters. The van der Waals surface area contributed by atoms with Crippen molar-refractivity contribution in [1.82, 2.24) is 9.78 Å². The van der Waals surface area contributed by atoms with Gasteiger partial charge >= 0.3 is 0 Å². The average Bonchev–Trinajstić information content (AvgIpc) is 3.03. The van der Waals surface area contributed by atoms with Crippen LogP contribution in [0.2, 0.25) is 0 Å². The number of nitrogens with zero attached hydrogens (tertiary/aromatic N) is 2. The van der Waals surface area contributed by atoms with E-state index in [1.807, 2.05) is 6.20 Å². The van der Waals surface area contributed by atoms with Crippen LogP contribution in [0.25, 0.3) is 0 Å². The Balaban J connectivity index is 1.63. The van der Waals surface area contributed by atoms with E-state index < -0.39 is 0 Å². The summed E-state index contributed by atoms with van der Waals surface area (Å²) in [6, 6.07) is 0. The molecule has 2 aliphatic rings. The summed E-state index contributed by atoms with van der Waals surface area (Å²) in [6.45, 7) is 3.22. The number of hydrogen-bond acceptors (Lipinski definition) is 1. The molecule has 2 fully saturated rings.